The van der Waals surface area contributed by atoms with Crippen LogP contribution >= 0.6 is 23.6 Å². The average molecular weight is 359 g/mol. The van der Waals surface area contributed by atoms with Crippen LogP contribution < -0.4 is 11.0 Å². The second kappa shape index (κ2) is 5.26. The minimum Gasteiger partial charge on any atom is -0.344 e. The van der Waals surface area contributed by atoms with Crippen molar-refractivity contribution in [2.45, 2.75) is 32.6 Å². The van der Waals surface area contributed by atoms with E-state index >= 15 is 0 Å². The first-order valence-electron chi connectivity index (χ1n) is 7.79. The highest BCUT2D eigenvalue weighted by atomic mass is 32.1. The molecule has 1 aliphatic carbocycles. The molecule has 24 heavy (non-hydrogen) atoms. The summed E-state index contributed by atoms with van der Waals surface area (Å²) >= 11 is 7.01. The number of hydrogen-bond acceptors (Lipinski definition) is 5. The van der Waals surface area contributed by atoms with Crippen LogP contribution in [0.5, 0.6) is 0 Å². The summed E-state index contributed by atoms with van der Waals surface area (Å²) in [4.78, 5) is 31.3. The quantitative estimate of drug-likeness (QED) is 0.679. The van der Waals surface area contributed by atoms with Crippen LogP contribution in [-0.4, -0.2) is 15.8 Å². The Bertz CT molecular complexity index is 980. The van der Waals surface area contributed by atoms with Crippen molar-refractivity contribution in [3.63, 3.8) is 0 Å². The standard InChI is InChI=1S/C17H17N3O2S2/c1-17(2)6-8-11(9(21)7-17)12(10-4-3-5-24-10)13-14(18-8)19-16(22)20-15(13)23/h3-5,12H,6-7H2,1-2H3,(H3,18,19,20,22,23). The molecule has 7 heteroatoms. The molecule has 0 spiro atoms. The summed E-state index contributed by atoms with van der Waals surface area (Å²) in [6, 6.07) is 3.99. The molecule has 0 bridgehead atoms. The van der Waals surface area contributed by atoms with Gasteiger partial charge in [0.15, 0.2) is 5.78 Å². The van der Waals surface area contributed by atoms with Gasteiger partial charge in [-0.05, 0) is 23.3 Å². The van der Waals surface area contributed by atoms with E-state index in [0.29, 0.717) is 16.9 Å². The molecular formula is C17H17N3O2S2. The van der Waals surface area contributed by atoms with Crippen LogP contribution in [0.3, 0.4) is 0 Å². The van der Waals surface area contributed by atoms with Crippen LogP contribution in [0, 0.1) is 10.1 Å². The fraction of sp³-hybridized carbons (Fsp3) is 0.353. The molecule has 1 atom stereocenters. The smallest absolute Gasteiger partial charge is 0.325 e. The van der Waals surface area contributed by atoms with Crippen LogP contribution in [0.15, 0.2) is 33.6 Å². The number of rotatable bonds is 1. The zero-order valence-corrected chi connectivity index (χ0v) is 15.0. The molecule has 2 aromatic heterocycles. The predicted octanol–water partition coefficient (Wildman–Crippen LogP) is 3.69. The van der Waals surface area contributed by atoms with Gasteiger partial charge in [-0.25, -0.2) is 4.79 Å². The van der Waals surface area contributed by atoms with Crippen LogP contribution in [0.1, 0.15) is 43.0 Å². The van der Waals surface area contributed by atoms with Crippen molar-refractivity contribution < 1.29 is 4.79 Å². The number of nitrogens with one attached hydrogen (secondary N) is 3. The lowest BCUT2D eigenvalue weighted by Crippen LogP contribution is -2.35. The molecule has 3 heterocycles. The van der Waals surface area contributed by atoms with E-state index in [9.17, 15) is 9.59 Å². The number of aromatic amines is 2. The first kappa shape index (κ1) is 15.5. The fourth-order valence-electron chi connectivity index (χ4n) is 3.69. The highest BCUT2D eigenvalue weighted by Gasteiger charge is 2.41. The number of anilines is 1. The molecule has 2 aromatic rings. The van der Waals surface area contributed by atoms with Gasteiger partial charge in [0.05, 0.1) is 5.92 Å². The highest BCUT2D eigenvalue weighted by molar-refractivity contribution is 7.71. The lowest BCUT2D eigenvalue weighted by atomic mass is 9.70. The molecule has 124 valence electrons. The number of thiophene rings is 1. The van der Waals surface area contributed by atoms with E-state index in [1.807, 2.05) is 17.5 Å². The topological polar surface area (TPSA) is 77.8 Å². The van der Waals surface area contributed by atoms with Gasteiger partial charge in [0.2, 0.25) is 0 Å². The first-order chi connectivity index (χ1) is 11.4. The van der Waals surface area contributed by atoms with Gasteiger partial charge in [0, 0.05) is 28.1 Å². The second-order valence-electron chi connectivity index (χ2n) is 7.10. The van der Waals surface area contributed by atoms with Crippen molar-refractivity contribution in [2.75, 3.05) is 5.32 Å². The van der Waals surface area contributed by atoms with Crippen LogP contribution in [0.4, 0.5) is 5.82 Å². The Kier molecular flexibility index (Phi) is 3.40. The molecule has 0 saturated carbocycles. The third-order valence-corrected chi connectivity index (χ3v) is 5.84. The Labute approximate surface area is 147 Å². The van der Waals surface area contributed by atoms with Crippen LogP contribution in [0.2, 0.25) is 0 Å². The molecule has 4 rings (SSSR count). The van der Waals surface area contributed by atoms with E-state index in [4.69, 9.17) is 12.2 Å². The summed E-state index contributed by atoms with van der Waals surface area (Å²) in [5, 5.41) is 5.27. The molecule has 1 aliphatic heterocycles. The van der Waals surface area contributed by atoms with E-state index in [0.717, 1.165) is 28.1 Å². The van der Waals surface area contributed by atoms with E-state index < -0.39 is 0 Å². The van der Waals surface area contributed by atoms with E-state index in [2.05, 4.69) is 29.1 Å². The summed E-state index contributed by atoms with van der Waals surface area (Å²) < 4.78 is 0.379. The summed E-state index contributed by atoms with van der Waals surface area (Å²) in [7, 11) is 0. The SMILES string of the molecule is CC1(C)CC(=O)C2=C(C1)Nc1[nH]c(=O)[nH]c(=S)c1C2c1cccs1. The third kappa shape index (κ3) is 2.39. The highest BCUT2D eigenvalue weighted by Crippen LogP contribution is 2.49. The number of Topliss-reactive ketones (excluding diaryl/α,β-unsaturated/α-hetero) is 1. The molecule has 0 amide bonds. The lowest BCUT2D eigenvalue weighted by molar-refractivity contribution is -0.118. The number of H-pyrrole nitrogens is 2. The molecule has 0 aromatic carbocycles. The van der Waals surface area contributed by atoms with Crippen molar-refractivity contribution in [3.05, 3.63) is 54.3 Å². The molecule has 0 saturated heterocycles. The minimum atomic E-state index is -0.346. The van der Waals surface area contributed by atoms with Crippen molar-refractivity contribution in [1.29, 1.82) is 0 Å². The van der Waals surface area contributed by atoms with Crippen LogP contribution in [-0.2, 0) is 4.79 Å². The first-order valence-corrected chi connectivity index (χ1v) is 9.08. The van der Waals surface area contributed by atoms with Gasteiger partial charge in [-0.15, -0.1) is 11.3 Å². The van der Waals surface area contributed by atoms with Gasteiger partial charge in [-0.1, -0.05) is 32.1 Å². The number of carbonyl (C=O) groups excluding carboxylic acids is 1. The third-order valence-electron chi connectivity index (χ3n) is 4.58. The normalized spacial score (nSPS) is 21.9. The molecule has 3 N–H and O–H groups in total. The summed E-state index contributed by atoms with van der Waals surface area (Å²) in [6.07, 6.45) is 1.29. The zero-order chi connectivity index (χ0) is 17.1. The summed E-state index contributed by atoms with van der Waals surface area (Å²) in [5.41, 5.74) is 2.02. The maximum absolute atomic E-state index is 12.9. The van der Waals surface area contributed by atoms with E-state index in [-0.39, 0.29) is 22.8 Å². The Morgan fingerprint density at radius 3 is 2.75 bits per heavy atom. The number of ketones is 1. The Hall–Kier alpha value is -1.99. The summed E-state index contributed by atoms with van der Waals surface area (Å²) in [6.45, 7) is 4.18. The van der Waals surface area contributed by atoms with Gasteiger partial charge < -0.3 is 5.32 Å². The Balaban J connectivity index is 2.01. The van der Waals surface area contributed by atoms with Crippen LogP contribution in [0.25, 0.3) is 0 Å². The Morgan fingerprint density at radius 2 is 2.04 bits per heavy atom. The molecule has 2 aliphatic rings. The number of hydrogen-bond donors (Lipinski definition) is 3. The fourth-order valence-corrected chi connectivity index (χ4v) is 4.84. The second-order valence-corrected chi connectivity index (χ2v) is 8.49. The van der Waals surface area contributed by atoms with Crippen molar-refractivity contribution in [2.24, 2.45) is 5.41 Å². The van der Waals surface area contributed by atoms with Crippen molar-refractivity contribution in [1.82, 2.24) is 9.97 Å². The molecular weight excluding hydrogens is 342 g/mol. The monoisotopic (exact) mass is 359 g/mol. The van der Waals surface area contributed by atoms with Crippen molar-refractivity contribution >= 4 is 35.2 Å². The summed E-state index contributed by atoms with van der Waals surface area (Å²) in [5.74, 6) is 0.533. The average Bonchev–Trinajstić information content (AvgIpc) is 2.96. The molecule has 1 unspecified atom stereocenters. The largest absolute Gasteiger partial charge is 0.344 e. The number of allylic oxidation sites excluding steroid dienone is 2. The lowest BCUT2D eigenvalue weighted by Gasteiger charge is -2.38. The van der Waals surface area contributed by atoms with Gasteiger partial charge in [-0.2, -0.15) is 0 Å². The minimum absolute atomic E-state index is 0.0988. The van der Waals surface area contributed by atoms with Gasteiger partial charge in [0.1, 0.15) is 10.5 Å². The van der Waals surface area contributed by atoms with Gasteiger partial charge in [-0.3, -0.25) is 14.8 Å². The zero-order valence-electron chi connectivity index (χ0n) is 13.4. The van der Waals surface area contributed by atoms with Gasteiger partial charge in [0.25, 0.3) is 0 Å². The number of aromatic nitrogens is 2. The number of carbonyl (C=O) groups is 1. The Morgan fingerprint density at radius 1 is 1.25 bits per heavy atom. The van der Waals surface area contributed by atoms with E-state index in [1.165, 1.54) is 0 Å². The van der Waals surface area contributed by atoms with Crippen molar-refractivity contribution in [3.8, 4) is 0 Å². The number of fused-ring (bicyclic) bond motifs is 1. The molecule has 0 radical (unpaired) electrons. The maximum atomic E-state index is 12.9. The maximum Gasteiger partial charge on any atom is 0.325 e. The predicted molar refractivity (Wildman–Crippen MR) is 97.1 cm³/mol. The molecule has 5 nitrogen and oxygen atoms in total. The van der Waals surface area contributed by atoms with Gasteiger partial charge >= 0.3 is 5.69 Å². The van der Waals surface area contributed by atoms with E-state index in [1.54, 1.807) is 11.3 Å². The molecule has 0 fully saturated rings.